The van der Waals surface area contributed by atoms with Crippen molar-refractivity contribution in [1.29, 1.82) is 0 Å². The third-order valence-electron chi connectivity index (χ3n) is 2.27. The fourth-order valence-corrected chi connectivity index (χ4v) is 1.48. The normalized spacial score (nSPS) is 10.5. The van der Waals surface area contributed by atoms with Crippen LogP contribution in [0.1, 0.15) is 12.0 Å². The Labute approximate surface area is 108 Å². The van der Waals surface area contributed by atoms with Gasteiger partial charge in [-0.05, 0) is 24.6 Å². The summed E-state index contributed by atoms with van der Waals surface area (Å²) in [7, 11) is 1.66. The number of rotatable bonds is 8. The molecule has 0 heterocycles. The van der Waals surface area contributed by atoms with Gasteiger partial charge in [0.15, 0.2) is 0 Å². The summed E-state index contributed by atoms with van der Waals surface area (Å²) in [4.78, 5) is 0. The first-order chi connectivity index (χ1) is 8.24. The molecule has 0 atom stereocenters. The molecule has 0 aromatic heterocycles. The van der Waals surface area contributed by atoms with Gasteiger partial charge in [0, 0.05) is 25.2 Å². The monoisotopic (exact) mass is 258 g/mol. The van der Waals surface area contributed by atoms with Crippen LogP contribution in [0.3, 0.4) is 0 Å². The Morgan fingerprint density at radius 1 is 1.12 bits per heavy atom. The highest BCUT2D eigenvalue weighted by Crippen LogP contribution is 2.22. The van der Waals surface area contributed by atoms with E-state index in [0.717, 1.165) is 17.7 Å². The topological polar surface area (TPSA) is 27.7 Å². The Bertz CT molecular complexity index is 328. The summed E-state index contributed by atoms with van der Waals surface area (Å²) in [6, 6.07) is 5.65. The maximum atomic E-state index is 5.90. The smallest absolute Gasteiger partial charge is 0.123 e. The number of ether oxygens (including phenoxy) is 3. The number of hydrogen-bond acceptors (Lipinski definition) is 3. The number of halogens is 1. The minimum Gasteiger partial charge on any atom is -0.493 e. The summed E-state index contributed by atoms with van der Waals surface area (Å²) < 4.78 is 15.8. The van der Waals surface area contributed by atoms with Gasteiger partial charge in [-0.2, -0.15) is 0 Å². The first kappa shape index (κ1) is 14.3. The van der Waals surface area contributed by atoms with Crippen LogP contribution in [0, 0.1) is 6.92 Å². The van der Waals surface area contributed by atoms with E-state index in [2.05, 4.69) is 0 Å². The van der Waals surface area contributed by atoms with Gasteiger partial charge in [-0.1, -0.05) is 17.7 Å². The summed E-state index contributed by atoms with van der Waals surface area (Å²) in [5.74, 6) is 0.842. The van der Waals surface area contributed by atoms with Crippen molar-refractivity contribution in [3.05, 3.63) is 28.8 Å². The average Bonchev–Trinajstić information content (AvgIpc) is 2.32. The molecule has 0 unspecified atom stereocenters. The number of benzene rings is 1. The van der Waals surface area contributed by atoms with Crippen LogP contribution < -0.4 is 4.74 Å². The number of aryl methyl sites for hydroxylation is 1. The molecule has 0 aliphatic rings. The molecule has 1 rings (SSSR count). The molecule has 0 spiro atoms. The van der Waals surface area contributed by atoms with Gasteiger partial charge in [-0.15, -0.1) is 0 Å². The van der Waals surface area contributed by atoms with Crippen molar-refractivity contribution in [2.75, 3.05) is 33.5 Å². The van der Waals surface area contributed by atoms with Crippen molar-refractivity contribution < 1.29 is 14.2 Å². The van der Waals surface area contributed by atoms with Gasteiger partial charge in [0.05, 0.1) is 19.8 Å². The van der Waals surface area contributed by atoms with Crippen LogP contribution in [-0.2, 0) is 9.47 Å². The Balaban J connectivity index is 2.15. The third-order valence-corrected chi connectivity index (χ3v) is 2.51. The van der Waals surface area contributed by atoms with Crippen LogP contribution >= 0.6 is 11.6 Å². The van der Waals surface area contributed by atoms with E-state index in [4.69, 9.17) is 25.8 Å². The summed E-state index contributed by atoms with van der Waals surface area (Å²) in [5.41, 5.74) is 1.09. The molecular formula is C13H19ClO3. The van der Waals surface area contributed by atoms with E-state index in [-0.39, 0.29) is 0 Å². The zero-order chi connectivity index (χ0) is 12.5. The standard InChI is InChI=1S/C13H19ClO3/c1-11-4-5-12(14)10-13(11)17-7-3-6-16-9-8-15-2/h4-5,10H,3,6-9H2,1-2H3. The van der Waals surface area contributed by atoms with E-state index >= 15 is 0 Å². The lowest BCUT2D eigenvalue weighted by atomic mass is 10.2. The predicted octanol–water partition coefficient (Wildman–Crippen LogP) is 3.08. The Kier molecular flexibility index (Phi) is 7.01. The Hall–Kier alpha value is -0.770. The molecule has 3 nitrogen and oxygen atoms in total. The molecule has 0 amide bonds. The van der Waals surface area contributed by atoms with Crippen molar-refractivity contribution in [3.63, 3.8) is 0 Å². The molecule has 1 aromatic rings. The SMILES string of the molecule is COCCOCCCOc1cc(Cl)ccc1C. The maximum Gasteiger partial charge on any atom is 0.123 e. The van der Waals surface area contributed by atoms with Crippen molar-refractivity contribution in [2.45, 2.75) is 13.3 Å². The minimum atomic E-state index is 0.632. The fraction of sp³-hybridized carbons (Fsp3) is 0.538. The molecule has 0 bridgehead atoms. The molecule has 17 heavy (non-hydrogen) atoms. The summed E-state index contributed by atoms with van der Waals surface area (Å²) in [6.45, 7) is 4.58. The van der Waals surface area contributed by atoms with Gasteiger partial charge in [-0.3, -0.25) is 0 Å². The highest BCUT2D eigenvalue weighted by atomic mass is 35.5. The van der Waals surface area contributed by atoms with E-state index in [1.807, 2.05) is 25.1 Å². The molecule has 96 valence electrons. The molecule has 0 saturated carbocycles. The lowest BCUT2D eigenvalue weighted by Gasteiger charge is -2.09. The fourth-order valence-electron chi connectivity index (χ4n) is 1.32. The van der Waals surface area contributed by atoms with Gasteiger partial charge >= 0.3 is 0 Å². The van der Waals surface area contributed by atoms with Crippen molar-refractivity contribution in [1.82, 2.24) is 0 Å². The lowest BCUT2D eigenvalue weighted by molar-refractivity contribution is 0.0644. The zero-order valence-electron chi connectivity index (χ0n) is 10.4. The highest BCUT2D eigenvalue weighted by molar-refractivity contribution is 6.30. The maximum absolute atomic E-state index is 5.90. The van der Waals surface area contributed by atoms with Crippen LogP contribution in [0.25, 0.3) is 0 Å². The van der Waals surface area contributed by atoms with E-state index in [1.165, 1.54) is 0 Å². The molecule has 0 N–H and O–H groups in total. The molecule has 1 aromatic carbocycles. The lowest BCUT2D eigenvalue weighted by Crippen LogP contribution is -2.07. The summed E-state index contributed by atoms with van der Waals surface area (Å²) in [5, 5.41) is 0.696. The van der Waals surface area contributed by atoms with Crippen molar-refractivity contribution in [3.8, 4) is 5.75 Å². The molecule has 0 saturated heterocycles. The number of hydrogen-bond donors (Lipinski definition) is 0. The van der Waals surface area contributed by atoms with Crippen LogP contribution in [0.15, 0.2) is 18.2 Å². The summed E-state index contributed by atoms with van der Waals surface area (Å²) in [6.07, 6.45) is 0.857. The van der Waals surface area contributed by atoms with E-state index < -0.39 is 0 Å². The van der Waals surface area contributed by atoms with Gasteiger partial charge in [0.2, 0.25) is 0 Å². The first-order valence-electron chi connectivity index (χ1n) is 5.69. The predicted molar refractivity (Wildman–Crippen MR) is 69.0 cm³/mol. The van der Waals surface area contributed by atoms with Crippen LogP contribution in [0.2, 0.25) is 5.02 Å². The van der Waals surface area contributed by atoms with Gasteiger partial charge in [0.25, 0.3) is 0 Å². The van der Waals surface area contributed by atoms with E-state index in [1.54, 1.807) is 7.11 Å². The van der Waals surface area contributed by atoms with Crippen LogP contribution in [0.4, 0.5) is 0 Å². The van der Waals surface area contributed by atoms with E-state index in [0.29, 0.717) is 31.5 Å². The minimum absolute atomic E-state index is 0.632. The quantitative estimate of drug-likeness (QED) is 0.671. The van der Waals surface area contributed by atoms with Crippen molar-refractivity contribution >= 4 is 11.6 Å². The largest absolute Gasteiger partial charge is 0.493 e. The number of methoxy groups -OCH3 is 1. The van der Waals surface area contributed by atoms with Gasteiger partial charge in [0.1, 0.15) is 5.75 Å². The summed E-state index contributed by atoms with van der Waals surface area (Å²) >= 11 is 5.90. The van der Waals surface area contributed by atoms with E-state index in [9.17, 15) is 0 Å². The molecular weight excluding hydrogens is 240 g/mol. The van der Waals surface area contributed by atoms with Gasteiger partial charge in [-0.25, -0.2) is 0 Å². The molecule has 0 fully saturated rings. The average molecular weight is 259 g/mol. The zero-order valence-corrected chi connectivity index (χ0v) is 11.1. The third kappa shape index (κ3) is 5.91. The van der Waals surface area contributed by atoms with Crippen LogP contribution in [-0.4, -0.2) is 33.5 Å². The Morgan fingerprint density at radius 2 is 1.94 bits per heavy atom. The molecule has 4 heteroatoms. The Morgan fingerprint density at radius 3 is 2.71 bits per heavy atom. The second-order valence-electron chi connectivity index (χ2n) is 3.72. The second-order valence-corrected chi connectivity index (χ2v) is 4.15. The van der Waals surface area contributed by atoms with Gasteiger partial charge < -0.3 is 14.2 Å². The highest BCUT2D eigenvalue weighted by Gasteiger charge is 2.00. The first-order valence-corrected chi connectivity index (χ1v) is 6.07. The molecule has 0 aliphatic heterocycles. The van der Waals surface area contributed by atoms with Crippen molar-refractivity contribution in [2.24, 2.45) is 0 Å². The van der Waals surface area contributed by atoms with Crippen LogP contribution in [0.5, 0.6) is 5.75 Å². The molecule has 0 aliphatic carbocycles. The second kappa shape index (κ2) is 8.34. The molecule has 0 radical (unpaired) electrons.